The van der Waals surface area contributed by atoms with Crippen molar-refractivity contribution in [3.05, 3.63) is 29.8 Å². The van der Waals surface area contributed by atoms with Crippen LogP contribution in [-0.2, 0) is 17.8 Å². The average molecular weight is 303 g/mol. The van der Waals surface area contributed by atoms with Gasteiger partial charge in [-0.1, -0.05) is 30.0 Å². The fraction of sp³-hybridized carbons (Fsp3) is 0.429. The first-order valence-electron chi connectivity index (χ1n) is 6.99. The number of thioether (sulfide) groups is 1. The van der Waals surface area contributed by atoms with E-state index >= 15 is 0 Å². The molecule has 0 spiro atoms. The van der Waals surface area contributed by atoms with Crippen molar-refractivity contribution in [2.24, 2.45) is 0 Å². The minimum absolute atomic E-state index is 0.100. The molecule has 2 heterocycles. The van der Waals surface area contributed by atoms with E-state index in [0.29, 0.717) is 17.5 Å². The Morgan fingerprint density at radius 1 is 1.43 bits per heavy atom. The van der Waals surface area contributed by atoms with Crippen LogP contribution in [0.1, 0.15) is 19.4 Å². The van der Waals surface area contributed by atoms with Crippen molar-refractivity contribution in [3.63, 3.8) is 0 Å². The van der Waals surface area contributed by atoms with Crippen molar-refractivity contribution in [1.29, 1.82) is 0 Å². The van der Waals surface area contributed by atoms with Gasteiger partial charge in [0.15, 0.2) is 0 Å². The Morgan fingerprint density at radius 2 is 2.24 bits per heavy atom. The molecule has 0 fully saturated rings. The number of aryl methyl sites for hydroxylation is 1. The number of carbonyl (C=O) groups excluding carboxylic acids is 1. The molecule has 0 aliphatic carbocycles. The van der Waals surface area contributed by atoms with Crippen LogP contribution < -0.4 is 4.90 Å². The predicted molar refractivity (Wildman–Crippen MR) is 81.3 cm³/mol. The number of hydrogen-bond donors (Lipinski definition) is 0. The number of fused-ring (bicyclic) bond motifs is 1. The molecule has 0 saturated carbocycles. The van der Waals surface area contributed by atoms with E-state index in [1.807, 2.05) is 30.0 Å². The molecule has 0 N–H and O–H groups in total. The third kappa shape index (κ3) is 2.65. The van der Waals surface area contributed by atoms with E-state index in [-0.39, 0.29) is 11.9 Å². The van der Waals surface area contributed by atoms with Crippen molar-refractivity contribution < 1.29 is 4.79 Å². The molecular formula is C14H17N5OS. The summed E-state index contributed by atoms with van der Waals surface area (Å²) in [6, 6.07) is 8.30. The van der Waals surface area contributed by atoms with E-state index in [4.69, 9.17) is 0 Å². The number of tetrazole rings is 1. The van der Waals surface area contributed by atoms with Crippen LogP contribution in [0.25, 0.3) is 0 Å². The standard InChI is InChI=1S/C14H17N5OS/c1-3-18-14(15-16-17-18)21-9-13(20)19-10(2)8-11-6-4-5-7-12(11)19/h4-7,10H,3,8-9H2,1-2H3/t10-/m0/s1. The quantitative estimate of drug-likeness (QED) is 0.805. The highest BCUT2D eigenvalue weighted by molar-refractivity contribution is 7.99. The Hall–Kier alpha value is -1.89. The van der Waals surface area contributed by atoms with E-state index in [2.05, 4.69) is 28.5 Å². The van der Waals surface area contributed by atoms with Crippen molar-refractivity contribution in [1.82, 2.24) is 20.2 Å². The molecule has 0 radical (unpaired) electrons. The van der Waals surface area contributed by atoms with Crippen LogP contribution in [0, 0.1) is 0 Å². The van der Waals surface area contributed by atoms with E-state index in [0.717, 1.165) is 12.1 Å². The lowest BCUT2D eigenvalue weighted by Crippen LogP contribution is -2.37. The molecule has 6 nitrogen and oxygen atoms in total. The molecule has 2 aromatic rings. The third-order valence-electron chi connectivity index (χ3n) is 3.60. The highest BCUT2D eigenvalue weighted by Crippen LogP contribution is 2.32. The number of carbonyl (C=O) groups is 1. The summed E-state index contributed by atoms with van der Waals surface area (Å²) in [7, 11) is 0. The van der Waals surface area contributed by atoms with Gasteiger partial charge in [0.2, 0.25) is 11.1 Å². The first kappa shape index (κ1) is 14.1. The summed E-state index contributed by atoms with van der Waals surface area (Å²) in [4.78, 5) is 14.4. The van der Waals surface area contributed by atoms with Gasteiger partial charge in [-0.05, 0) is 42.3 Å². The summed E-state index contributed by atoms with van der Waals surface area (Å²) in [6.45, 7) is 4.76. The maximum atomic E-state index is 12.5. The number of aromatic nitrogens is 4. The fourth-order valence-electron chi connectivity index (χ4n) is 2.64. The van der Waals surface area contributed by atoms with Crippen LogP contribution in [0.5, 0.6) is 0 Å². The Labute approximate surface area is 127 Å². The van der Waals surface area contributed by atoms with Crippen LogP contribution in [0.2, 0.25) is 0 Å². The van der Waals surface area contributed by atoms with Crippen LogP contribution in [0.4, 0.5) is 5.69 Å². The van der Waals surface area contributed by atoms with Crippen molar-refractivity contribution in [2.45, 2.75) is 38.0 Å². The highest BCUT2D eigenvalue weighted by atomic mass is 32.2. The summed E-state index contributed by atoms with van der Waals surface area (Å²) in [5.41, 5.74) is 2.27. The molecular weight excluding hydrogens is 286 g/mol. The topological polar surface area (TPSA) is 63.9 Å². The van der Waals surface area contributed by atoms with Crippen LogP contribution in [0.3, 0.4) is 0 Å². The highest BCUT2D eigenvalue weighted by Gasteiger charge is 2.30. The number of nitrogens with zero attached hydrogens (tertiary/aromatic N) is 5. The predicted octanol–water partition coefficient (Wildman–Crippen LogP) is 1.76. The monoisotopic (exact) mass is 303 g/mol. The lowest BCUT2D eigenvalue weighted by molar-refractivity contribution is -0.116. The Bertz CT molecular complexity index is 656. The summed E-state index contributed by atoms with van der Waals surface area (Å²) in [6.07, 6.45) is 0.916. The van der Waals surface area contributed by atoms with Gasteiger partial charge in [-0.25, -0.2) is 4.68 Å². The lowest BCUT2D eigenvalue weighted by atomic mass is 10.1. The number of amides is 1. The first-order valence-corrected chi connectivity index (χ1v) is 7.98. The van der Waals surface area contributed by atoms with E-state index in [1.165, 1.54) is 17.3 Å². The van der Waals surface area contributed by atoms with Crippen molar-refractivity contribution in [2.75, 3.05) is 10.7 Å². The van der Waals surface area contributed by atoms with Crippen LogP contribution in [-0.4, -0.2) is 37.9 Å². The maximum Gasteiger partial charge on any atom is 0.237 e. The lowest BCUT2D eigenvalue weighted by Gasteiger charge is -2.22. The molecule has 21 heavy (non-hydrogen) atoms. The summed E-state index contributed by atoms with van der Waals surface area (Å²) < 4.78 is 1.69. The minimum atomic E-state index is 0.100. The second-order valence-electron chi connectivity index (χ2n) is 5.01. The maximum absolute atomic E-state index is 12.5. The van der Waals surface area contributed by atoms with E-state index in [9.17, 15) is 4.79 Å². The van der Waals surface area contributed by atoms with E-state index < -0.39 is 0 Å². The van der Waals surface area contributed by atoms with Gasteiger partial charge >= 0.3 is 0 Å². The molecule has 7 heteroatoms. The number of anilines is 1. The number of rotatable bonds is 4. The minimum Gasteiger partial charge on any atom is -0.308 e. The van der Waals surface area contributed by atoms with Gasteiger partial charge in [-0.3, -0.25) is 4.79 Å². The van der Waals surface area contributed by atoms with Crippen LogP contribution >= 0.6 is 11.8 Å². The zero-order valence-corrected chi connectivity index (χ0v) is 12.9. The van der Waals surface area contributed by atoms with Crippen LogP contribution in [0.15, 0.2) is 29.4 Å². The molecule has 1 atom stereocenters. The van der Waals surface area contributed by atoms with Gasteiger partial charge < -0.3 is 4.90 Å². The number of para-hydroxylation sites is 1. The van der Waals surface area contributed by atoms with Crippen molar-refractivity contribution >= 4 is 23.4 Å². The zero-order valence-electron chi connectivity index (χ0n) is 12.1. The molecule has 3 rings (SSSR count). The normalized spacial score (nSPS) is 17.0. The Kier molecular flexibility index (Phi) is 3.92. The third-order valence-corrected chi connectivity index (χ3v) is 4.54. The van der Waals surface area contributed by atoms with Gasteiger partial charge in [0.1, 0.15) is 0 Å². The van der Waals surface area contributed by atoms with Gasteiger partial charge in [0.05, 0.1) is 5.75 Å². The molecule has 0 saturated heterocycles. The SMILES string of the molecule is CCn1nnnc1SCC(=O)N1c2ccccc2C[C@@H]1C. The summed E-state index contributed by atoms with van der Waals surface area (Å²) in [5.74, 6) is 0.446. The summed E-state index contributed by atoms with van der Waals surface area (Å²) >= 11 is 1.39. The molecule has 110 valence electrons. The fourth-order valence-corrected chi connectivity index (χ4v) is 3.44. The second kappa shape index (κ2) is 5.85. The first-order chi connectivity index (χ1) is 10.2. The van der Waals surface area contributed by atoms with E-state index in [1.54, 1.807) is 4.68 Å². The Morgan fingerprint density at radius 3 is 3.05 bits per heavy atom. The van der Waals surface area contributed by atoms with Crippen molar-refractivity contribution in [3.8, 4) is 0 Å². The Balaban J connectivity index is 1.71. The molecule has 0 unspecified atom stereocenters. The molecule has 1 aliphatic rings. The molecule has 1 aromatic carbocycles. The molecule has 1 amide bonds. The zero-order chi connectivity index (χ0) is 14.8. The number of hydrogen-bond acceptors (Lipinski definition) is 5. The molecule has 1 aromatic heterocycles. The smallest absolute Gasteiger partial charge is 0.237 e. The second-order valence-corrected chi connectivity index (χ2v) is 5.95. The molecule has 1 aliphatic heterocycles. The summed E-state index contributed by atoms with van der Waals surface area (Å²) in [5, 5.41) is 12.1. The van der Waals surface area contributed by atoms with Gasteiger partial charge in [-0.2, -0.15) is 0 Å². The van der Waals surface area contributed by atoms with Gasteiger partial charge in [0, 0.05) is 18.3 Å². The largest absolute Gasteiger partial charge is 0.308 e. The average Bonchev–Trinajstić information content (AvgIpc) is 3.07. The van der Waals surface area contributed by atoms with Gasteiger partial charge in [0.25, 0.3) is 0 Å². The van der Waals surface area contributed by atoms with Gasteiger partial charge in [-0.15, -0.1) is 5.10 Å². The molecule has 0 bridgehead atoms. The number of benzene rings is 1.